The first-order valence-corrected chi connectivity index (χ1v) is 12.0. The molecule has 2 aromatic carbocycles. The fraction of sp³-hybridized carbons (Fsp3) is 0.423. The molecule has 1 atom stereocenters. The normalized spacial score (nSPS) is 19.1. The molecule has 2 aliphatic rings. The lowest BCUT2D eigenvalue weighted by Gasteiger charge is -2.37. The highest BCUT2D eigenvalue weighted by atomic mass is 35.5. The van der Waals surface area contributed by atoms with Crippen LogP contribution in [-0.2, 0) is 9.53 Å². The highest BCUT2D eigenvalue weighted by molar-refractivity contribution is 6.31. The standard InChI is InChI=1S/C26H29ClN2O5/c1-18(30)23-15-21(27)7-8-24(23)34-17-22-16-29(13-14-33-22)26(32)20-9-11-28(12-10-20)25(31)19-5-3-2-4-6-19/h2-8,15,20,22H,9-14,16-17H2,1H3. The summed E-state index contributed by atoms with van der Waals surface area (Å²) in [6.07, 6.45) is 1.03. The molecule has 0 bridgehead atoms. The molecule has 2 aromatic rings. The molecule has 2 aliphatic heterocycles. The predicted molar refractivity (Wildman–Crippen MR) is 128 cm³/mol. The number of hydrogen-bond donors (Lipinski definition) is 0. The molecule has 4 rings (SSSR count). The Labute approximate surface area is 204 Å². The molecule has 2 saturated heterocycles. The van der Waals surface area contributed by atoms with E-state index in [1.807, 2.05) is 40.1 Å². The van der Waals surface area contributed by atoms with E-state index in [9.17, 15) is 14.4 Å². The summed E-state index contributed by atoms with van der Waals surface area (Å²) in [5.74, 6) is 0.355. The number of Topliss-reactive ketones (excluding diaryl/α,β-unsaturated/α-hetero) is 1. The van der Waals surface area contributed by atoms with Gasteiger partial charge in [-0.15, -0.1) is 0 Å². The van der Waals surface area contributed by atoms with E-state index < -0.39 is 0 Å². The molecule has 2 amide bonds. The first kappa shape index (κ1) is 24.2. The molecular weight excluding hydrogens is 456 g/mol. The molecule has 0 saturated carbocycles. The van der Waals surface area contributed by atoms with Gasteiger partial charge in [-0.1, -0.05) is 29.8 Å². The van der Waals surface area contributed by atoms with E-state index in [4.69, 9.17) is 21.1 Å². The average molecular weight is 485 g/mol. The molecule has 7 nitrogen and oxygen atoms in total. The molecule has 180 valence electrons. The molecule has 8 heteroatoms. The largest absolute Gasteiger partial charge is 0.490 e. The number of carbonyl (C=O) groups is 3. The monoisotopic (exact) mass is 484 g/mol. The van der Waals surface area contributed by atoms with Crippen molar-refractivity contribution in [2.24, 2.45) is 5.92 Å². The lowest BCUT2D eigenvalue weighted by molar-refractivity contribution is -0.145. The van der Waals surface area contributed by atoms with Crippen molar-refractivity contribution in [3.63, 3.8) is 0 Å². The van der Waals surface area contributed by atoms with E-state index in [0.29, 0.717) is 67.5 Å². The second-order valence-electron chi connectivity index (χ2n) is 8.72. The topological polar surface area (TPSA) is 76.2 Å². The van der Waals surface area contributed by atoms with Gasteiger partial charge in [-0.25, -0.2) is 0 Å². The summed E-state index contributed by atoms with van der Waals surface area (Å²) in [7, 11) is 0. The van der Waals surface area contributed by atoms with Crippen LogP contribution in [0.4, 0.5) is 0 Å². The maximum Gasteiger partial charge on any atom is 0.253 e. The van der Waals surface area contributed by atoms with Crippen LogP contribution in [0.1, 0.15) is 40.5 Å². The van der Waals surface area contributed by atoms with E-state index in [-0.39, 0.29) is 36.2 Å². The van der Waals surface area contributed by atoms with Gasteiger partial charge < -0.3 is 19.3 Å². The molecule has 0 radical (unpaired) electrons. The number of rotatable bonds is 6. The molecule has 0 spiro atoms. The van der Waals surface area contributed by atoms with Crippen molar-refractivity contribution in [1.82, 2.24) is 9.80 Å². The van der Waals surface area contributed by atoms with Gasteiger partial charge in [0.05, 0.1) is 18.7 Å². The molecule has 2 fully saturated rings. The third-order valence-corrected chi connectivity index (χ3v) is 6.58. The summed E-state index contributed by atoms with van der Waals surface area (Å²) in [5, 5.41) is 0.472. The van der Waals surface area contributed by atoms with E-state index in [0.717, 1.165) is 0 Å². The van der Waals surface area contributed by atoms with Crippen LogP contribution in [-0.4, -0.2) is 72.9 Å². The number of benzene rings is 2. The number of ketones is 1. The summed E-state index contributed by atoms with van der Waals surface area (Å²) < 4.78 is 11.7. The molecule has 2 heterocycles. The van der Waals surface area contributed by atoms with Crippen LogP contribution in [0.15, 0.2) is 48.5 Å². The zero-order valence-corrected chi connectivity index (χ0v) is 20.0. The van der Waals surface area contributed by atoms with Gasteiger partial charge in [-0.2, -0.15) is 0 Å². The van der Waals surface area contributed by atoms with Crippen molar-refractivity contribution in [3.8, 4) is 5.75 Å². The van der Waals surface area contributed by atoms with E-state index in [1.165, 1.54) is 6.92 Å². The molecule has 0 aromatic heterocycles. The number of carbonyl (C=O) groups excluding carboxylic acids is 3. The number of amides is 2. The van der Waals surface area contributed by atoms with Gasteiger partial charge in [-0.3, -0.25) is 14.4 Å². The van der Waals surface area contributed by atoms with E-state index in [2.05, 4.69) is 0 Å². The van der Waals surface area contributed by atoms with Crippen LogP contribution >= 0.6 is 11.6 Å². The van der Waals surface area contributed by atoms with E-state index in [1.54, 1.807) is 18.2 Å². The Morgan fingerprint density at radius 2 is 1.76 bits per heavy atom. The lowest BCUT2D eigenvalue weighted by atomic mass is 9.94. The Morgan fingerprint density at radius 1 is 1.03 bits per heavy atom. The number of hydrogen-bond acceptors (Lipinski definition) is 5. The van der Waals surface area contributed by atoms with Gasteiger partial charge in [-0.05, 0) is 50.1 Å². The van der Waals surface area contributed by atoms with Crippen molar-refractivity contribution >= 4 is 29.2 Å². The third-order valence-electron chi connectivity index (χ3n) is 6.35. The summed E-state index contributed by atoms with van der Waals surface area (Å²) in [4.78, 5) is 41.4. The molecular formula is C26H29ClN2O5. The Hall–Kier alpha value is -2.90. The third kappa shape index (κ3) is 5.77. The van der Waals surface area contributed by atoms with Gasteiger partial charge in [0.1, 0.15) is 18.5 Å². The first-order valence-electron chi connectivity index (χ1n) is 11.6. The van der Waals surface area contributed by atoms with Gasteiger partial charge in [0.15, 0.2) is 5.78 Å². The van der Waals surface area contributed by atoms with Gasteiger partial charge in [0, 0.05) is 36.1 Å². The van der Waals surface area contributed by atoms with Gasteiger partial charge in [0.25, 0.3) is 5.91 Å². The fourth-order valence-electron chi connectivity index (χ4n) is 4.46. The van der Waals surface area contributed by atoms with Crippen LogP contribution in [0.5, 0.6) is 5.75 Å². The van der Waals surface area contributed by atoms with Crippen LogP contribution < -0.4 is 4.74 Å². The molecule has 34 heavy (non-hydrogen) atoms. The highest BCUT2D eigenvalue weighted by Crippen LogP contribution is 2.25. The number of ether oxygens (including phenoxy) is 2. The second-order valence-corrected chi connectivity index (χ2v) is 9.15. The fourth-order valence-corrected chi connectivity index (χ4v) is 4.63. The SMILES string of the molecule is CC(=O)c1cc(Cl)ccc1OCC1CN(C(=O)C2CCN(C(=O)c3ccccc3)CC2)CCO1. The predicted octanol–water partition coefficient (Wildman–Crippen LogP) is 3.70. The number of halogens is 1. The number of morpholine rings is 1. The quantitative estimate of drug-likeness (QED) is 0.584. The van der Waals surface area contributed by atoms with Crippen LogP contribution in [0, 0.1) is 5.92 Å². The number of piperidine rings is 1. The summed E-state index contributed by atoms with van der Waals surface area (Å²) in [6, 6.07) is 14.2. The Kier molecular flexibility index (Phi) is 7.85. The molecule has 0 N–H and O–H groups in total. The second kappa shape index (κ2) is 11.0. The van der Waals surface area contributed by atoms with Crippen LogP contribution in [0.3, 0.4) is 0 Å². The van der Waals surface area contributed by atoms with Crippen molar-refractivity contribution < 1.29 is 23.9 Å². The maximum absolute atomic E-state index is 13.2. The Bertz CT molecular complexity index is 1040. The minimum absolute atomic E-state index is 0.0159. The molecule has 0 aliphatic carbocycles. The van der Waals surface area contributed by atoms with E-state index >= 15 is 0 Å². The van der Waals surface area contributed by atoms with Crippen molar-refractivity contribution in [1.29, 1.82) is 0 Å². The Morgan fingerprint density at radius 3 is 2.47 bits per heavy atom. The summed E-state index contributed by atoms with van der Waals surface area (Å²) in [6.45, 7) is 4.26. The lowest BCUT2D eigenvalue weighted by Crippen LogP contribution is -2.51. The minimum atomic E-state index is -0.284. The maximum atomic E-state index is 13.2. The smallest absolute Gasteiger partial charge is 0.253 e. The van der Waals surface area contributed by atoms with Crippen molar-refractivity contribution in [2.75, 3.05) is 39.4 Å². The summed E-state index contributed by atoms with van der Waals surface area (Å²) >= 11 is 6.00. The van der Waals surface area contributed by atoms with Crippen molar-refractivity contribution in [3.05, 3.63) is 64.7 Å². The zero-order chi connectivity index (χ0) is 24.1. The summed E-state index contributed by atoms with van der Waals surface area (Å²) in [5.41, 5.74) is 1.10. The average Bonchev–Trinajstić information content (AvgIpc) is 2.87. The highest BCUT2D eigenvalue weighted by Gasteiger charge is 2.33. The Balaban J connectivity index is 1.29. The number of likely N-dealkylation sites (tertiary alicyclic amines) is 1. The van der Waals surface area contributed by atoms with Crippen molar-refractivity contribution in [2.45, 2.75) is 25.9 Å². The minimum Gasteiger partial charge on any atom is -0.490 e. The first-order chi connectivity index (χ1) is 16.4. The van der Waals surface area contributed by atoms with Gasteiger partial charge >= 0.3 is 0 Å². The van der Waals surface area contributed by atoms with Crippen LogP contribution in [0.2, 0.25) is 5.02 Å². The molecule has 1 unspecified atom stereocenters. The zero-order valence-electron chi connectivity index (χ0n) is 19.2. The van der Waals surface area contributed by atoms with Crippen LogP contribution in [0.25, 0.3) is 0 Å². The number of nitrogens with zero attached hydrogens (tertiary/aromatic N) is 2. The van der Waals surface area contributed by atoms with Gasteiger partial charge in [0.2, 0.25) is 5.91 Å².